The predicted octanol–water partition coefficient (Wildman–Crippen LogP) is 4.28. The fraction of sp³-hybridized carbons (Fsp3) is 0.350. The lowest BCUT2D eigenvalue weighted by Crippen LogP contribution is -2.27. The fourth-order valence-electron chi connectivity index (χ4n) is 2.43. The number of hydrogen-bond donors (Lipinski definition) is 0. The molecule has 0 aliphatic rings. The van der Waals surface area contributed by atoms with Crippen molar-refractivity contribution in [3.05, 3.63) is 59.7 Å². The highest BCUT2D eigenvalue weighted by Gasteiger charge is 2.31. The van der Waals surface area contributed by atoms with E-state index >= 15 is 0 Å². The third-order valence-corrected chi connectivity index (χ3v) is 3.72. The molecule has 0 aliphatic heterocycles. The molecule has 1 unspecified atom stereocenters. The molecule has 0 N–H and O–H groups in total. The Balaban J connectivity index is 1.92. The number of halogens is 3. The van der Waals surface area contributed by atoms with Crippen molar-refractivity contribution >= 4 is 5.97 Å². The van der Waals surface area contributed by atoms with Crippen LogP contribution in [0.4, 0.5) is 13.2 Å². The van der Waals surface area contributed by atoms with Gasteiger partial charge in [-0.15, -0.1) is 13.2 Å². The van der Waals surface area contributed by atoms with Crippen molar-refractivity contribution in [1.29, 1.82) is 0 Å². The molecule has 0 saturated carbocycles. The lowest BCUT2D eigenvalue weighted by molar-refractivity contribution is -0.274. The monoisotopic (exact) mass is 398 g/mol. The van der Waals surface area contributed by atoms with E-state index in [0.29, 0.717) is 17.7 Å². The van der Waals surface area contributed by atoms with Gasteiger partial charge in [0.25, 0.3) is 0 Å². The molecule has 152 valence electrons. The van der Waals surface area contributed by atoms with Gasteiger partial charge in [0.2, 0.25) is 0 Å². The van der Waals surface area contributed by atoms with Gasteiger partial charge in [-0.3, -0.25) is 0 Å². The Labute approximate surface area is 161 Å². The first-order chi connectivity index (χ1) is 13.3. The molecule has 0 saturated heterocycles. The first-order valence-corrected chi connectivity index (χ1v) is 8.56. The quantitative estimate of drug-likeness (QED) is 0.590. The molecule has 0 amide bonds. The maximum atomic E-state index is 12.3. The molecule has 28 heavy (non-hydrogen) atoms. The van der Waals surface area contributed by atoms with Crippen molar-refractivity contribution in [3.63, 3.8) is 0 Å². The molecule has 0 spiro atoms. The van der Waals surface area contributed by atoms with E-state index in [1.807, 2.05) is 0 Å². The Kier molecular flexibility index (Phi) is 7.69. The van der Waals surface area contributed by atoms with Crippen LogP contribution in [-0.4, -0.2) is 32.2 Å². The second-order valence-electron chi connectivity index (χ2n) is 5.81. The second kappa shape index (κ2) is 9.98. The highest BCUT2D eigenvalue weighted by molar-refractivity contribution is 5.75. The molecule has 1 atom stereocenters. The van der Waals surface area contributed by atoms with Crippen LogP contribution in [0.25, 0.3) is 0 Å². The Bertz CT molecular complexity index is 759. The number of carbonyl (C=O) groups excluding carboxylic acids is 1. The van der Waals surface area contributed by atoms with Gasteiger partial charge in [0.05, 0.1) is 6.61 Å². The van der Waals surface area contributed by atoms with Gasteiger partial charge < -0.3 is 18.9 Å². The second-order valence-corrected chi connectivity index (χ2v) is 5.81. The van der Waals surface area contributed by atoms with Gasteiger partial charge in [-0.05, 0) is 42.3 Å². The topological polar surface area (TPSA) is 54.0 Å². The minimum Gasteiger partial charge on any atom is -0.489 e. The SMILES string of the molecule is CCOC(=O)C(Cc1ccc(OCc2cccc(OC(F)(F)F)c2)cc1)OC. The minimum absolute atomic E-state index is 0.0813. The van der Waals surface area contributed by atoms with Crippen LogP contribution in [0, 0.1) is 0 Å². The zero-order valence-corrected chi connectivity index (χ0v) is 15.5. The van der Waals surface area contributed by atoms with Gasteiger partial charge in [0.1, 0.15) is 18.1 Å². The Hall–Kier alpha value is -2.74. The summed E-state index contributed by atoms with van der Waals surface area (Å²) in [7, 11) is 1.44. The van der Waals surface area contributed by atoms with E-state index in [0.717, 1.165) is 5.56 Å². The van der Waals surface area contributed by atoms with Gasteiger partial charge in [-0.2, -0.15) is 0 Å². The summed E-state index contributed by atoms with van der Waals surface area (Å²) < 4.78 is 56.4. The van der Waals surface area contributed by atoms with E-state index in [1.165, 1.54) is 25.3 Å². The van der Waals surface area contributed by atoms with Gasteiger partial charge in [0.15, 0.2) is 6.10 Å². The summed E-state index contributed by atoms with van der Waals surface area (Å²) in [6.45, 7) is 2.08. The van der Waals surface area contributed by atoms with E-state index in [9.17, 15) is 18.0 Å². The van der Waals surface area contributed by atoms with Gasteiger partial charge >= 0.3 is 12.3 Å². The third-order valence-electron chi connectivity index (χ3n) is 3.72. The Morgan fingerprint density at radius 1 is 1.04 bits per heavy atom. The van der Waals surface area contributed by atoms with Gasteiger partial charge in [-0.1, -0.05) is 24.3 Å². The van der Waals surface area contributed by atoms with E-state index in [4.69, 9.17) is 14.2 Å². The fourth-order valence-corrected chi connectivity index (χ4v) is 2.43. The molecule has 0 aliphatic carbocycles. The van der Waals surface area contributed by atoms with E-state index in [-0.39, 0.29) is 19.0 Å². The largest absolute Gasteiger partial charge is 0.573 e. The minimum atomic E-state index is -4.74. The predicted molar refractivity (Wildman–Crippen MR) is 95.0 cm³/mol. The smallest absolute Gasteiger partial charge is 0.489 e. The van der Waals surface area contributed by atoms with Crippen molar-refractivity contribution in [3.8, 4) is 11.5 Å². The third kappa shape index (κ3) is 7.11. The first-order valence-electron chi connectivity index (χ1n) is 8.56. The van der Waals surface area contributed by atoms with Crippen LogP contribution in [-0.2, 0) is 27.3 Å². The normalized spacial score (nSPS) is 12.3. The maximum absolute atomic E-state index is 12.3. The zero-order chi connectivity index (χ0) is 20.6. The molecule has 8 heteroatoms. The van der Waals surface area contributed by atoms with Crippen molar-refractivity contribution in [2.45, 2.75) is 32.4 Å². The van der Waals surface area contributed by atoms with Gasteiger partial charge in [0, 0.05) is 13.5 Å². The number of hydrogen-bond acceptors (Lipinski definition) is 5. The molecule has 2 rings (SSSR count). The maximum Gasteiger partial charge on any atom is 0.573 e. The number of esters is 1. The number of alkyl halides is 3. The highest BCUT2D eigenvalue weighted by Crippen LogP contribution is 2.24. The number of ether oxygens (including phenoxy) is 4. The summed E-state index contributed by atoms with van der Waals surface area (Å²) in [4.78, 5) is 11.8. The van der Waals surface area contributed by atoms with Crippen molar-refractivity contribution < 1.29 is 36.9 Å². The number of rotatable bonds is 9. The van der Waals surface area contributed by atoms with Crippen LogP contribution in [0.2, 0.25) is 0 Å². The molecule has 0 radical (unpaired) electrons. The van der Waals surface area contributed by atoms with Gasteiger partial charge in [-0.25, -0.2) is 4.79 Å². The molecular weight excluding hydrogens is 377 g/mol. The van der Waals surface area contributed by atoms with Crippen LogP contribution in [0.3, 0.4) is 0 Å². The van der Waals surface area contributed by atoms with Crippen molar-refractivity contribution in [2.24, 2.45) is 0 Å². The van der Waals surface area contributed by atoms with Crippen molar-refractivity contribution in [1.82, 2.24) is 0 Å². The highest BCUT2D eigenvalue weighted by atomic mass is 19.4. The summed E-state index contributed by atoms with van der Waals surface area (Å²) in [5, 5.41) is 0. The summed E-state index contributed by atoms with van der Waals surface area (Å²) >= 11 is 0. The average Bonchev–Trinajstić information content (AvgIpc) is 2.64. The molecule has 5 nitrogen and oxygen atoms in total. The summed E-state index contributed by atoms with van der Waals surface area (Å²) in [6, 6.07) is 12.6. The van der Waals surface area contributed by atoms with Crippen LogP contribution >= 0.6 is 0 Å². The zero-order valence-electron chi connectivity index (χ0n) is 15.5. The molecular formula is C20H21F3O5. The standard InChI is InChI=1S/C20H21F3O5/c1-3-26-19(24)18(25-2)12-14-7-9-16(10-8-14)27-13-15-5-4-6-17(11-15)28-20(21,22)23/h4-11,18H,3,12-13H2,1-2H3. The summed E-state index contributed by atoms with van der Waals surface area (Å²) in [5.74, 6) is -0.184. The summed E-state index contributed by atoms with van der Waals surface area (Å²) in [6.07, 6.45) is -5.08. The van der Waals surface area contributed by atoms with E-state index in [2.05, 4.69) is 4.74 Å². The van der Waals surface area contributed by atoms with Crippen LogP contribution < -0.4 is 9.47 Å². The summed E-state index contributed by atoms with van der Waals surface area (Å²) in [5.41, 5.74) is 1.39. The van der Waals surface area contributed by atoms with E-state index < -0.39 is 18.4 Å². The lowest BCUT2D eigenvalue weighted by atomic mass is 10.1. The molecule has 2 aromatic rings. The Morgan fingerprint density at radius 3 is 2.36 bits per heavy atom. The molecule has 2 aromatic carbocycles. The number of benzene rings is 2. The van der Waals surface area contributed by atoms with Crippen LogP contribution in [0.5, 0.6) is 11.5 Å². The van der Waals surface area contributed by atoms with E-state index in [1.54, 1.807) is 37.3 Å². The average molecular weight is 398 g/mol. The van der Waals surface area contributed by atoms with Crippen LogP contribution in [0.1, 0.15) is 18.1 Å². The number of methoxy groups -OCH3 is 1. The molecule has 0 fully saturated rings. The number of carbonyl (C=O) groups is 1. The van der Waals surface area contributed by atoms with Crippen LogP contribution in [0.15, 0.2) is 48.5 Å². The molecule has 0 bridgehead atoms. The molecule has 0 aromatic heterocycles. The lowest BCUT2D eigenvalue weighted by Gasteiger charge is -2.14. The molecule has 0 heterocycles. The Morgan fingerprint density at radius 2 is 1.75 bits per heavy atom. The van der Waals surface area contributed by atoms with Crippen molar-refractivity contribution in [2.75, 3.05) is 13.7 Å². The first kappa shape index (κ1) is 21.6.